The molecule has 0 unspecified atom stereocenters. The monoisotopic (exact) mass is 534 g/mol. The Morgan fingerprint density at radius 3 is 2.44 bits per heavy atom. The van der Waals surface area contributed by atoms with Crippen LogP contribution in [0.5, 0.6) is 0 Å². The lowest BCUT2D eigenvalue weighted by molar-refractivity contribution is 0.0950. The Morgan fingerprint density at radius 2 is 1.71 bits per heavy atom. The Labute approximate surface area is 215 Å². The predicted octanol–water partition coefficient (Wildman–Crippen LogP) is 6.90. The van der Waals surface area contributed by atoms with E-state index < -0.39 is 0 Å². The summed E-state index contributed by atoms with van der Waals surface area (Å²) in [7, 11) is 0. The van der Waals surface area contributed by atoms with Gasteiger partial charge in [0.25, 0.3) is 5.91 Å². The third-order valence-corrected chi connectivity index (χ3v) is 6.76. The van der Waals surface area contributed by atoms with Crippen LogP contribution >= 0.6 is 46.6 Å². The van der Waals surface area contributed by atoms with Crippen LogP contribution in [0.15, 0.2) is 65.8 Å². The smallest absolute Gasteiger partial charge is 0.253 e. The molecule has 0 radical (unpaired) electrons. The molecule has 34 heavy (non-hydrogen) atoms. The molecule has 0 spiro atoms. The van der Waals surface area contributed by atoms with Crippen LogP contribution in [0.25, 0.3) is 5.69 Å². The van der Waals surface area contributed by atoms with E-state index in [1.807, 2.05) is 23.6 Å². The van der Waals surface area contributed by atoms with Gasteiger partial charge in [0.1, 0.15) is 5.82 Å². The van der Waals surface area contributed by atoms with Gasteiger partial charge in [-0.1, -0.05) is 64.8 Å². The van der Waals surface area contributed by atoms with Crippen molar-refractivity contribution in [1.82, 2.24) is 20.1 Å². The molecule has 0 atom stereocenters. The van der Waals surface area contributed by atoms with Crippen molar-refractivity contribution in [3.8, 4) is 5.69 Å². The van der Waals surface area contributed by atoms with Gasteiger partial charge in [-0.15, -0.1) is 10.2 Å². The number of rotatable bonds is 7. The standard InChI is InChI=1S/C24H18Cl3FN4OS/c1-14-2-5-17(26)11-21(14)32-22(12-29-23(33)19-9-6-16(25)10-20(19)27)30-31-24(32)34-13-15-3-7-18(28)8-4-15/h2-11H,12-13H2,1H3,(H,29,33). The molecule has 4 rings (SSSR count). The molecule has 0 aliphatic carbocycles. The molecule has 5 nitrogen and oxygen atoms in total. The number of amides is 1. The van der Waals surface area contributed by atoms with Gasteiger partial charge in [0.2, 0.25) is 0 Å². The minimum Gasteiger partial charge on any atom is -0.345 e. The molecule has 0 fully saturated rings. The van der Waals surface area contributed by atoms with E-state index in [1.165, 1.54) is 30.0 Å². The molecule has 0 saturated heterocycles. The van der Waals surface area contributed by atoms with Crippen LogP contribution in [0, 0.1) is 12.7 Å². The Hall–Kier alpha value is -2.58. The third-order valence-electron chi connectivity index (χ3n) is 4.98. The Morgan fingerprint density at radius 1 is 1.00 bits per heavy atom. The van der Waals surface area contributed by atoms with Crippen LogP contribution in [0.2, 0.25) is 15.1 Å². The van der Waals surface area contributed by atoms with Gasteiger partial charge in [0.05, 0.1) is 22.8 Å². The first-order chi connectivity index (χ1) is 16.3. The van der Waals surface area contributed by atoms with Crippen LogP contribution in [0.1, 0.15) is 27.3 Å². The highest BCUT2D eigenvalue weighted by Crippen LogP contribution is 2.29. The molecule has 10 heteroatoms. The number of nitrogens with one attached hydrogen (secondary N) is 1. The Kier molecular flexibility index (Phi) is 7.78. The van der Waals surface area contributed by atoms with E-state index in [2.05, 4.69) is 15.5 Å². The summed E-state index contributed by atoms with van der Waals surface area (Å²) in [6.45, 7) is 2.06. The van der Waals surface area contributed by atoms with Crippen molar-refractivity contribution in [3.05, 3.63) is 104 Å². The van der Waals surface area contributed by atoms with E-state index in [4.69, 9.17) is 34.8 Å². The lowest BCUT2D eigenvalue weighted by Gasteiger charge is -2.14. The minimum absolute atomic E-state index is 0.105. The number of carbonyl (C=O) groups is 1. The fourth-order valence-corrected chi connectivity index (χ4v) is 4.81. The maximum Gasteiger partial charge on any atom is 0.253 e. The van der Waals surface area contributed by atoms with Crippen molar-refractivity contribution in [2.24, 2.45) is 0 Å². The lowest BCUT2D eigenvalue weighted by atomic mass is 10.2. The molecule has 1 aromatic heterocycles. The highest BCUT2D eigenvalue weighted by atomic mass is 35.5. The third kappa shape index (κ3) is 5.73. The van der Waals surface area contributed by atoms with E-state index in [0.717, 1.165) is 16.8 Å². The van der Waals surface area contributed by atoms with Gasteiger partial charge in [-0.25, -0.2) is 4.39 Å². The minimum atomic E-state index is -0.362. The van der Waals surface area contributed by atoms with Gasteiger partial charge < -0.3 is 5.32 Å². The summed E-state index contributed by atoms with van der Waals surface area (Å²) in [5.74, 6) is 0.431. The molecule has 1 amide bonds. The number of aromatic nitrogens is 3. The van der Waals surface area contributed by atoms with E-state index in [1.54, 1.807) is 30.3 Å². The molecule has 4 aromatic rings. The number of carbonyl (C=O) groups excluding carboxylic acids is 1. The van der Waals surface area contributed by atoms with E-state index in [9.17, 15) is 9.18 Å². The molecule has 3 aromatic carbocycles. The summed E-state index contributed by atoms with van der Waals surface area (Å²) in [5.41, 5.74) is 3.01. The average Bonchev–Trinajstić information content (AvgIpc) is 3.21. The Bertz CT molecular complexity index is 1340. The molecular formula is C24H18Cl3FN4OS. The number of aryl methyl sites for hydroxylation is 1. The van der Waals surface area contributed by atoms with Gasteiger partial charge in [0.15, 0.2) is 11.0 Å². The zero-order chi connectivity index (χ0) is 24.2. The molecular weight excluding hydrogens is 518 g/mol. The molecule has 1 N–H and O–H groups in total. The van der Waals surface area contributed by atoms with Gasteiger partial charge in [-0.2, -0.15) is 0 Å². The fourth-order valence-electron chi connectivity index (χ4n) is 3.23. The summed E-state index contributed by atoms with van der Waals surface area (Å²) in [6.07, 6.45) is 0. The van der Waals surface area contributed by atoms with Gasteiger partial charge in [0, 0.05) is 15.8 Å². The van der Waals surface area contributed by atoms with Crippen molar-refractivity contribution < 1.29 is 9.18 Å². The van der Waals surface area contributed by atoms with Crippen LogP contribution in [0.3, 0.4) is 0 Å². The number of benzene rings is 3. The zero-order valence-corrected chi connectivity index (χ0v) is 20.9. The first-order valence-electron chi connectivity index (χ1n) is 10.1. The van der Waals surface area contributed by atoms with E-state index in [0.29, 0.717) is 32.3 Å². The molecule has 0 aliphatic heterocycles. The maximum atomic E-state index is 13.2. The van der Waals surface area contributed by atoms with Crippen LogP contribution in [-0.2, 0) is 12.3 Å². The zero-order valence-electron chi connectivity index (χ0n) is 17.9. The SMILES string of the molecule is Cc1ccc(Cl)cc1-n1c(CNC(=O)c2ccc(Cl)cc2Cl)nnc1SCc1ccc(F)cc1. The molecule has 1 heterocycles. The normalized spacial score (nSPS) is 11.0. The quantitative estimate of drug-likeness (QED) is 0.262. The van der Waals surface area contributed by atoms with Crippen molar-refractivity contribution >= 4 is 52.5 Å². The summed E-state index contributed by atoms with van der Waals surface area (Å²) in [4.78, 5) is 12.7. The van der Waals surface area contributed by atoms with Gasteiger partial charge in [-0.05, 0) is 60.5 Å². The first kappa shape index (κ1) is 24.5. The lowest BCUT2D eigenvalue weighted by Crippen LogP contribution is -2.25. The van der Waals surface area contributed by atoms with Crippen molar-refractivity contribution in [2.45, 2.75) is 24.4 Å². The molecule has 0 saturated carbocycles. The molecule has 0 aliphatic rings. The number of nitrogens with zero attached hydrogens (tertiary/aromatic N) is 3. The average molecular weight is 536 g/mol. The number of hydrogen-bond donors (Lipinski definition) is 1. The molecule has 174 valence electrons. The second-order valence-corrected chi connectivity index (χ2v) is 9.61. The topological polar surface area (TPSA) is 59.8 Å². The highest BCUT2D eigenvalue weighted by Gasteiger charge is 2.18. The van der Waals surface area contributed by atoms with E-state index in [-0.39, 0.29) is 23.3 Å². The largest absolute Gasteiger partial charge is 0.345 e. The van der Waals surface area contributed by atoms with Gasteiger partial charge >= 0.3 is 0 Å². The second-order valence-electron chi connectivity index (χ2n) is 7.39. The molecule has 0 bridgehead atoms. The van der Waals surface area contributed by atoms with Crippen molar-refractivity contribution in [1.29, 1.82) is 0 Å². The van der Waals surface area contributed by atoms with Crippen LogP contribution in [0.4, 0.5) is 4.39 Å². The van der Waals surface area contributed by atoms with Gasteiger partial charge in [-0.3, -0.25) is 9.36 Å². The fraction of sp³-hybridized carbons (Fsp3) is 0.125. The number of hydrogen-bond acceptors (Lipinski definition) is 4. The maximum absolute atomic E-state index is 13.2. The van der Waals surface area contributed by atoms with Crippen LogP contribution < -0.4 is 5.32 Å². The predicted molar refractivity (Wildman–Crippen MR) is 135 cm³/mol. The number of thioether (sulfide) groups is 1. The summed E-state index contributed by atoms with van der Waals surface area (Å²) in [6, 6.07) is 16.5. The van der Waals surface area contributed by atoms with E-state index >= 15 is 0 Å². The highest BCUT2D eigenvalue weighted by molar-refractivity contribution is 7.98. The second kappa shape index (κ2) is 10.8. The Balaban J connectivity index is 1.61. The van der Waals surface area contributed by atoms with Crippen LogP contribution in [-0.4, -0.2) is 20.7 Å². The number of halogens is 4. The first-order valence-corrected chi connectivity index (χ1v) is 12.2. The summed E-state index contributed by atoms with van der Waals surface area (Å²) >= 11 is 19.8. The summed E-state index contributed by atoms with van der Waals surface area (Å²) < 4.78 is 15.1. The van der Waals surface area contributed by atoms with Crippen molar-refractivity contribution in [2.75, 3.05) is 0 Å². The summed E-state index contributed by atoms with van der Waals surface area (Å²) in [5, 5.41) is 13.4. The van der Waals surface area contributed by atoms with Crippen molar-refractivity contribution in [3.63, 3.8) is 0 Å².